The van der Waals surface area contributed by atoms with E-state index < -0.39 is 0 Å². The van der Waals surface area contributed by atoms with Crippen molar-refractivity contribution in [2.45, 2.75) is 19.5 Å². The molecule has 0 aliphatic carbocycles. The molecular formula is C24H21N3. The van der Waals surface area contributed by atoms with Crippen LogP contribution in [0.5, 0.6) is 0 Å². The zero-order chi connectivity index (χ0) is 18.4. The second kappa shape index (κ2) is 5.85. The minimum Gasteiger partial charge on any atom is -0.362 e. The van der Waals surface area contributed by atoms with Crippen molar-refractivity contribution in [3.05, 3.63) is 84.9 Å². The Morgan fingerprint density at radius 2 is 1.33 bits per heavy atom. The predicted molar refractivity (Wildman–Crippen MR) is 111 cm³/mol. The van der Waals surface area contributed by atoms with Gasteiger partial charge in [-0.05, 0) is 26.0 Å². The number of fused-ring (bicyclic) bond motifs is 3. The molecule has 2 heterocycles. The van der Waals surface area contributed by atoms with Gasteiger partial charge in [-0.25, -0.2) is 4.98 Å². The highest BCUT2D eigenvalue weighted by Crippen LogP contribution is 2.45. The summed E-state index contributed by atoms with van der Waals surface area (Å²) in [5.41, 5.74) is 6.42. The van der Waals surface area contributed by atoms with Gasteiger partial charge in [0, 0.05) is 22.4 Å². The lowest BCUT2D eigenvalue weighted by molar-refractivity contribution is 0.415. The maximum Gasteiger partial charge on any atom is 0.145 e. The number of aromatic nitrogens is 2. The first kappa shape index (κ1) is 15.9. The Morgan fingerprint density at radius 3 is 2.04 bits per heavy atom. The standard InChI is InChI=1S/C24H21N3/c1-24(2)26-20-16-10-9-15-19(20)23-25-21(17-11-5-3-6-12-17)22(27(23)24)18-13-7-4-8-14-18/h3-16,26H,1-2H3. The molecule has 0 spiro atoms. The van der Waals surface area contributed by atoms with Crippen LogP contribution in [0.4, 0.5) is 5.69 Å². The molecule has 132 valence electrons. The minimum absolute atomic E-state index is 0.297. The largest absolute Gasteiger partial charge is 0.362 e. The number of nitrogens with one attached hydrogen (secondary N) is 1. The Balaban J connectivity index is 1.89. The van der Waals surface area contributed by atoms with Crippen molar-refractivity contribution < 1.29 is 0 Å². The highest BCUT2D eigenvalue weighted by atomic mass is 15.3. The molecule has 27 heavy (non-hydrogen) atoms. The zero-order valence-corrected chi connectivity index (χ0v) is 15.5. The van der Waals surface area contributed by atoms with Crippen molar-refractivity contribution in [2.75, 3.05) is 5.32 Å². The molecule has 1 aliphatic heterocycles. The number of para-hydroxylation sites is 1. The van der Waals surface area contributed by atoms with Crippen LogP contribution >= 0.6 is 0 Å². The summed E-state index contributed by atoms with van der Waals surface area (Å²) in [6.45, 7) is 4.41. The third kappa shape index (κ3) is 2.47. The molecule has 0 amide bonds. The lowest BCUT2D eigenvalue weighted by Gasteiger charge is -2.37. The predicted octanol–water partition coefficient (Wildman–Crippen LogP) is 6.00. The van der Waals surface area contributed by atoms with Crippen LogP contribution in [0.25, 0.3) is 33.9 Å². The molecule has 0 saturated heterocycles. The fourth-order valence-electron chi connectivity index (χ4n) is 3.98. The molecule has 4 aromatic rings. The molecule has 3 heteroatoms. The fraction of sp³-hybridized carbons (Fsp3) is 0.125. The Labute approximate surface area is 159 Å². The molecule has 0 bridgehead atoms. The minimum atomic E-state index is -0.297. The van der Waals surface area contributed by atoms with E-state index in [1.807, 2.05) is 6.07 Å². The number of hydrogen-bond acceptors (Lipinski definition) is 2. The second-order valence-electron chi connectivity index (χ2n) is 7.43. The van der Waals surface area contributed by atoms with Crippen molar-refractivity contribution in [2.24, 2.45) is 0 Å². The number of imidazole rings is 1. The van der Waals surface area contributed by atoms with E-state index in [-0.39, 0.29) is 5.66 Å². The summed E-state index contributed by atoms with van der Waals surface area (Å²) in [6.07, 6.45) is 0. The molecule has 0 fully saturated rings. The molecule has 0 atom stereocenters. The van der Waals surface area contributed by atoms with Gasteiger partial charge in [-0.3, -0.25) is 0 Å². The molecule has 0 unspecified atom stereocenters. The number of benzene rings is 3. The number of rotatable bonds is 2. The summed E-state index contributed by atoms with van der Waals surface area (Å²) in [4.78, 5) is 5.16. The van der Waals surface area contributed by atoms with E-state index in [0.717, 1.165) is 34.0 Å². The first-order valence-electron chi connectivity index (χ1n) is 9.27. The monoisotopic (exact) mass is 351 g/mol. The van der Waals surface area contributed by atoms with Gasteiger partial charge in [0.1, 0.15) is 11.5 Å². The summed E-state index contributed by atoms with van der Waals surface area (Å²) in [6, 6.07) is 29.4. The average molecular weight is 351 g/mol. The van der Waals surface area contributed by atoms with Crippen LogP contribution in [0.2, 0.25) is 0 Å². The maximum absolute atomic E-state index is 5.16. The Hall–Kier alpha value is -3.33. The summed E-state index contributed by atoms with van der Waals surface area (Å²) in [7, 11) is 0. The Morgan fingerprint density at radius 1 is 0.741 bits per heavy atom. The average Bonchev–Trinajstić information content (AvgIpc) is 3.11. The van der Waals surface area contributed by atoms with Crippen molar-refractivity contribution in [3.8, 4) is 33.9 Å². The van der Waals surface area contributed by atoms with Gasteiger partial charge >= 0.3 is 0 Å². The molecule has 3 aromatic carbocycles. The topological polar surface area (TPSA) is 29.9 Å². The van der Waals surface area contributed by atoms with Crippen LogP contribution in [0.1, 0.15) is 13.8 Å². The molecule has 5 rings (SSSR count). The quantitative estimate of drug-likeness (QED) is 0.480. The first-order chi connectivity index (χ1) is 13.1. The van der Waals surface area contributed by atoms with Crippen LogP contribution in [-0.4, -0.2) is 9.55 Å². The molecule has 1 aliphatic rings. The van der Waals surface area contributed by atoms with Crippen LogP contribution < -0.4 is 5.32 Å². The first-order valence-corrected chi connectivity index (χ1v) is 9.27. The van der Waals surface area contributed by atoms with Gasteiger partial charge in [0.15, 0.2) is 0 Å². The van der Waals surface area contributed by atoms with E-state index in [4.69, 9.17) is 4.98 Å². The molecule has 0 radical (unpaired) electrons. The molecule has 1 aromatic heterocycles. The van der Waals surface area contributed by atoms with Crippen LogP contribution in [0.15, 0.2) is 84.9 Å². The van der Waals surface area contributed by atoms with Crippen LogP contribution in [0, 0.1) is 0 Å². The van der Waals surface area contributed by atoms with E-state index in [0.29, 0.717) is 0 Å². The van der Waals surface area contributed by atoms with Gasteiger partial charge < -0.3 is 9.88 Å². The lowest BCUT2D eigenvalue weighted by atomic mass is 10.0. The van der Waals surface area contributed by atoms with E-state index in [2.05, 4.69) is 103 Å². The fourth-order valence-corrected chi connectivity index (χ4v) is 3.98. The highest BCUT2D eigenvalue weighted by molar-refractivity contribution is 5.86. The summed E-state index contributed by atoms with van der Waals surface area (Å²) < 4.78 is 2.34. The summed E-state index contributed by atoms with van der Waals surface area (Å²) >= 11 is 0. The van der Waals surface area contributed by atoms with Crippen LogP contribution in [0.3, 0.4) is 0 Å². The van der Waals surface area contributed by atoms with Gasteiger partial charge in [0.2, 0.25) is 0 Å². The molecule has 3 nitrogen and oxygen atoms in total. The summed E-state index contributed by atoms with van der Waals surface area (Å²) in [5, 5.41) is 3.69. The smallest absolute Gasteiger partial charge is 0.145 e. The number of hydrogen-bond donors (Lipinski definition) is 1. The van der Waals surface area contributed by atoms with Gasteiger partial charge in [-0.15, -0.1) is 0 Å². The van der Waals surface area contributed by atoms with E-state index in [1.54, 1.807) is 0 Å². The lowest BCUT2D eigenvalue weighted by Crippen LogP contribution is -2.39. The number of anilines is 1. The van der Waals surface area contributed by atoms with Gasteiger partial charge in [-0.1, -0.05) is 72.8 Å². The van der Waals surface area contributed by atoms with E-state index in [1.165, 1.54) is 5.56 Å². The Kier molecular flexibility index (Phi) is 3.44. The number of nitrogens with zero attached hydrogens (tertiary/aromatic N) is 2. The van der Waals surface area contributed by atoms with Crippen molar-refractivity contribution >= 4 is 5.69 Å². The normalized spacial score (nSPS) is 14.1. The zero-order valence-electron chi connectivity index (χ0n) is 15.5. The van der Waals surface area contributed by atoms with E-state index in [9.17, 15) is 0 Å². The molecule has 0 saturated carbocycles. The van der Waals surface area contributed by atoms with E-state index >= 15 is 0 Å². The van der Waals surface area contributed by atoms with Crippen molar-refractivity contribution in [3.63, 3.8) is 0 Å². The van der Waals surface area contributed by atoms with Gasteiger partial charge in [-0.2, -0.15) is 0 Å². The molecule has 1 N–H and O–H groups in total. The SMILES string of the molecule is CC1(C)Nc2ccccc2-c2nc(-c3ccccc3)c(-c3ccccc3)n21. The summed E-state index contributed by atoms with van der Waals surface area (Å²) in [5.74, 6) is 1.01. The van der Waals surface area contributed by atoms with Crippen LogP contribution in [-0.2, 0) is 5.66 Å². The molecular weight excluding hydrogens is 330 g/mol. The van der Waals surface area contributed by atoms with Gasteiger partial charge in [0.25, 0.3) is 0 Å². The van der Waals surface area contributed by atoms with Gasteiger partial charge in [0.05, 0.1) is 11.4 Å². The third-order valence-electron chi connectivity index (χ3n) is 5.14. The Bertz CT molecular complexity index is 1110. The third-order valence-corrected chi connectivity index (χ3v) is 5.14. The van der Waals surface area contributed by atoms with Crippen molar-refractivity contribution in [1.29, 1.82) is 0 Å². The highest BCUT2D eigenvalue weighted by Gasteiger charge is 2.35. The maximum atomic E-state index is 5.16. The second-order valence-corrected chi connectivity index (χ2v) is 7.43. The van der Waals surface area contributed by atoms with Crippen molar-refractivity contribution in [1.82, 2.24) is 9.55 Å².